The molecule has 1 N–H and O–H groups in total. The van der Waals surface area contributed by atoms with Crippen LogP contribution in [0, 0.1) is 11.3 Å². The fraction of sp³-hybridized carbons (Fsp3) is 0.300. The molecular formula is C20H20ClN3O2. The highest BCUT2D eigenvalue weighted by Crippen LogP contribution is 2.28. The molecule has 3 rings (SSSR count). The van der Waals surface area contributed by atoms with E-state index in [0.717, 1.165) is 11.3 Å². The zero-order chi connectivity index (χ0) is 18.4. The molecule has 0 spiro atoms. The van der Waals surface area contributed by atoms with Crippen molar-refractivity contribution in [2.45, 2.75) is 25.0 Å². The van der Waals surface area contributed by atoms with E-state index in [1.807, 2.05) is 42.5 Å². The molecule has 1 aliphatic heterocycles. The highest BCUT2D eigenvalue weighted by molar-refractivity contribution is 6.30. The third kappa shape index (κ3) is 4.47. The first-order chi connectivity index (χ1) is 12.6. The van der Waals surface area contributed by atoms with E-state index in [1.54, 1.807) is 17.0 Å². The van der Waals surface area contributed by atoms with Crippen molar-refractivity contribution in [3.63, 3.8) is 0 Å². The second kappa shape index (κ2) is 8.11. The van der Waals surface area contributed by atoms with Gasteiger partial charge >= 0.3 is 6.09 Å². The molecule has 26 heavy (non-hydrogen) atoms. The number of carbonyl (C=O) groups is 1. The molecule has 134 valence electrons. The second-order valence-electron chi connectivity index (χ2n) is 6.36. The third-order valence-electron chi connectivity index (χ3n) is 4.50. The zero-order valence-electron chi connectivity index (χ0n) is 14.3. The number of ether oxygens (including phenoxy) is 1. The van der Waals surface area contributed by atoms with Gasteiger partial charge in [0.05, 0.1) is 6.07 Å². The Morgan fingerprint density at radius 3 is 2.58 bits per heavy atom. The molecule has 1 aliphatic rings. The minimum Gasteiger partial charge on any atom is -0.445 e. The van der Waals surface area contributed by atoms with Crippen LogP contribution >= 0.6 is 11.6 Å². The summed E-state index contributed by atoms with van der Waals surface area (Å²) in [4.78, 5) is 13.9. The van der Waals surface area contributed by atoms with Gasteiger partial charge in [-0.05, 0) is 23.8 Å². The molecule has 1 fully saturated rings. The third-order valence-corrected chi connectivity index (χ3v) is 4.74. The number of benzene rings is 2. The number of nitriles is 1. The van der Waals surface area contributed by atoms with Crippen molar-refractivity contribution in [2.24, 2.45) is 0 Å². The summed E-state index contributed by atoms with van der Waals surface area (Å²) in [6.45, 7) is 1.18. The lowest BCUT2D eigenvalue weighted by molar-refractivity contribution is 0.0847. The van der Waals surface area contributed by atoms with E-state index in [4.69, 9.17) is 16.3 Å². The first-order valence-corrected chi connectivity index (χ1v) is 8.89. The van der Waals surface area contributed by atoms with Gasteiger partial charge in [-0.2, -0.15) is 5.26 Å². The van der Waals surface area contributed by atoms with Crippen molar-refractivity contribution in [3.8, 4) is 6.07 Å². The van der Waals surface area contributed by atoms with Crippen LogP contribution in [0.4, 0.5) is 10.5 Å². The number of amides is 1. The lowest BCUT2D eigenvalue weighted by Crippen LogP contribution is -2.50. The molecular weight excluding hydrogens is 350 g/mol. The molecule has 0 radical (unpaired) electrons. The summed E-state index contributed by atoms with van der Waals surface area (Å²) in [5.41, 5.74) is 1.05. The first kappa shape index (κ1) is 18.1. The van der Waals surface area contributed by atoms with Crippen LogP contribution < -0.4 is 5.32 Å². The Morgan fingerprint density at radius 2 is 1.92 bits per heavy atom. The highest BCUT2D eigenvalue weighted by atomic mass is 35.5. The number of rotatable bonds is 4. The van der Waals surface area contributed by atoms with Gasteiger partial charge in [-0.15, -0.1) is 0 Å². The van der Waals surface area contributed by atoms with Crippen LogP contribution in [-0.2, 0) is 11.3 Å². The van der Waals surface area contributed by atoms with Crippen molar-refractivity contribution < 1.29 is 9.53 Å². The normalized spacial score (nSPS) is 15.8. The molecule has 0 unspecified atom stereocenters. The summed E-state index contributed by atoms with van der Waals surface area (Å²) in [6, 6.07) is 19.2. The average Bonchev–Trinajstić information content (AvgIpc) is 2.67. The quantitative estimate of drug-likeness (QED) is 0.864. The van der Waals surface area contributed by atoms with E-state index in [0.29, 0.717) is 31.0 Å². The predicted molar refractivity (Wildman–Crippen MR) is 101 cm³/mol. The SMILES string of the molecule is N#CC1(Nc2cccc(Cl)c2)CCN(C(=O)OCc2ccccc2)CC1. The number of carbonyl (C=O) groups excluding carboxylic acids is 1. The molecule has 0 aromatic heterocycles. The molecule has 0 atom stereocenters. The average molecular weight is 370 g/mol. The van der Waals surface area contributed by atoms with Gasteiger partial charge in [-0.3, -0.25) is 0 Å². The lowest BCUT2D eigenvalue weighted by Gasteiger charge is -2.37. The summed E-state index contributed by atoms with van der Waals surface area (Å²) in [7, 11) is 0. The lowest BCUT2D eigenvalue weighted by atomic mass is 9.88. The molecule has 0 bridgehead atoms. The van der Waals surface area contributed by atoms with E-state index in [2.05, 4.69) is 11.4 Å². The zero-order valence-corrected chi connectivity index (χ0v) is 15.1. The molecule has 0 saturated carbocycles. The van der Waals surface area contributed by atoms with E-state index in [1.165, 1.54) is 0 Å². The fourth-order valence-electron chi connectivity index (χ4n) is 2.99. The van der Waals surface area contributed by atoms with Gasteiger partial charge in [0.15, 0.2) is 0 Å². The van der Waals surface area contributed by atoms with Gasteiger partial charge in [-0.25, -0.2) is 4.79 Å². The Hall–Kier alpha value is -2.71. The van der Waals surface area contributed by atoms with Gasteiger partial charge in [0.25, 0.3) is 0 Å². The molecule has 2 aromatic rings. The number of halogens is 1. The molecule has 1 saturated heterocycles. The van der Waals surface area contributed by atoms with Crippen LogP contribution in [0.15, 0.2) is 54.6 Å². The predicted octanol–water partition coefficient (Wildman–Crippen LogP) is 4.45. The van der Waals surface area contributed by atoms with E-state index in [-0.39, 0.29) is 12.7 Å². The van der Waals surface area contributed by atoms with Gasteiger partial charge in [0.2, 0.25) is 0 Å². The first-order valence-electron chi connectivity index (χ1n) is 8.51. The number of hydrogen-bond donors (Lipinski definition) is 1. The number of anilines is 1. The summed E-state index contributed by atoms with van der Waals surface area (Å²) in [5.74, 6) is 0. The van der Waals surface area contributed by atoms with Crippen molar-refractivity contribution in [2.75, 3.05) is 18.4 Å². The monoisotopic (exact) mass is 369 g/mol. The largest absolute Gasteiger partial charge is 0.445 e. The van der Waals surface area contributed by atoms with Crippen molar-refractivity contribution in [1.29, 1.82) is 5.26 Å². The van der Waals surface area contributed by atoms with Gasteiger partial charge in [-0.1, -0.05) is 48.0 Å². The van der Waals surface area contributed by atoms with Crippen LogP contribution in [0.1, 0.15) is 18.4 Å². The number of nitrogens with zero attached hydrogens (tertiary/aromatic N) is 2. The maximum absolute atomic E-state index is 12.3. The molecule has 5 nitrogen and oxygen atoms in total. The number of hydrogen-bond acceptors (Lipinski definition) is 4. The topological polar surface area (TPSA) is 65.4 Å². The maximum Gasteiger partial charge on any atom is 0.410 e. The summed E-state index contributed by atoms with van der Waals surface area (Å²) >= 11 is 6.01. The standard InChI is InChI=1S/C20H20ClN3O2/c21-17-7-4-8-18(13-17)23-20(15-22)9-11-24(12-10-20)19(25)26-14-16-5-2-1-3-6-16/h1-8,13,23H,9-12,14H2. The van der Waals surface area contributed by atoms with E-state index in [9.17, 15) is 10.1 Å². The van der Waals surface area contributed by atoms with Gasteiger partial charge in [0, 0.05) is 36.6 Å². The Morgan fingerprint density at radius 1 is 1.19 bits per heavy atom. The second-order valence-corrected chi connectivity index (χ2v) is 6.79. The number of likely N-dealkylation sites (tertiary alicyclic amines) is 1. The Balaban J connectivity index is 1.55. The fourth-order valence-corrected chi connectivity index (χ4v) is 3.18. The van der Waals surface area contributed by atoms with Crippen LogP contribution in [-0.4, -0.2) is 29.6 Å². The number of piperidine rings is 1. The van der Waals surface area contributed by atoms with Gasteiger partial charge in [0.1, 0.15) is 12.1 Å². The summed E-state index contributed by atoms with van der Waals surface area (Å²) < 4.78 is 5.37. The molecule has 0 aliphatic carbocycles. The van der Waals surface area contributed by atoms with Gasteiger partial charge < -0.3 is 15.0 Å². The molecule has 2 aromatic carbocycles. The van der Waals surface area contributed by atoms with Crippen LogP contribution in [0.3, 0.4) is 0 Å². The van der Waals surface area contributed by atoms with Crippen molar-refractivity contribution >= 4 is 23.4 Å². The van der Waals surface area contributed by atoms with E-state index < -0.39 is 5.54 Å². The Kier molecular flexibility index (Phi) is 5.65. The minimum atomic E-state index is -0.707. The van der Waals surface area contributed by atoms with Crippen LogP contribution in [0.2, 0.25) is 5.02 Å². The Bertz CT molecular complexity index is 796. The highest BCUT2D eigenvalue weighted by Gasteiger charge is 2.36. The minimum absolute atomic E-state index is 0.250. The van der Waals surface area contributed by atoms with E-state index >= 15 is 0 Å². The smallest absolute Gasteiger partial charge is 0.410 e. The molecule has 1 heterocycles. The molecule has 1 amide bonds. The maximum atomic E-state index is 12.3. The summed E-state index contributed by atoms with van der Waals surface area (Å²) in [6.07, 6.45) is 0.704. The number of nitrogens with one attached hydrogen (secondary N) is 1. The van der Waals surface area contributed by atoms with Crippen LogP contribution in [0.25, 0.3) is 0 Å². The van der Waals surface area contributed by atoms with Crippen molar-refractivity contribution in [3.05, 3.63) is 65.2 Å². The Labute approximate surface area is 158 Å². The van der Waals surface area contributed by atoms with Crippen molar-refractivity contribution in [1.82, 2.24) is 4.90 Å². The summed E-state index contributed by atoms with van der Waals surface area (Å²) in [5, 5.41) is 13.6. The molecule has 6 heteroatoms. The van der Waals surface area contributed by atoms with Crippen LogP contribution in [0.5, 0.6) is 0 Å².